The highest BCUT2D eigenvalue weighted by molar-refractivity contribution is 4.87. The second kappa shape index (κ2) is 6.20. The van der Waals surface area contributed by atoms with Crippen molar-refractivity contribution in [3.8, 4) is 0 Å². The molecule has 0 saturated heterocycles. The molecule has 1 heteroatoms. The van der Waals surface area contributed by atoms with Gasteiger partial charge in [-0.25, -0.2) is 0 Å². The van der Waals surface area contributed by atoms with Crippen molar-refractivity contribution in [1.82, 2.24) is 0 Å². The second-order valence-electron chi connectivity index (χ2n) is 5.03. The summed E-state index contributed by atoms with van der Waals surface area (Å²) < 4.78 is 5.41. The molecule has 0 N–H and O–H groups in total. The van der Waals surface area contributed by atoms with Crippen molar-refractivity contribution >= 4 is 0 Å². The van der Waals surface area contributed by atoms with E-state index in [0.29, 0.717) is 5.41 Å². The van der Waals surface area contributed by atoms with Crippen LogP contribution in [0.15, 0.2) is 12.2 Å². The molecule has 0 heterocycles. The highest BCUT2D eigenvalue weighted by Crippen LogP contribution is 2.21. The van der Waals surface area contributed by atoms with Gasteiger partial charge in [0.25, 0.3) is 0 Å². The van der Waals surface area contributed by atoms with Gasteiger partial charge in [-0.1, -0.05) is 39.3 Å². The summed E-state index contributed by atoms with van der Waals surface area (Å²) >= 11 is 0. The van der Waals surface area contributed by atoms with Gasteiger partial charge >= 0.3 is 0 Å². The van der Waals surface area contributed by atoms with Gasteiger partial charge in [0.05, 0.1) is 6.61 Å². The van der Waals surface area contributed by atoms with Gasteiger partial charge < -0.3 is 4.74 Å². The minimum Gasteiger partial charge on any atom is -0.377 e. The van der Waals surface area contributed by atoms with Crippen molar-refractivity contribution in [3.63, 3.8) is 0 Å². The van der Waals surface area contributed by atoms with Crippen LogP contribution in [-0.2, 0) is 4.74 Å². The van der Waals surface area contributed by atoms with Crippen LogP contribution in [-0.4, -0.2) is 13.2 Å². The molecule has 0 atom stereocenters. The molecule has 0 spiro atoms. The Bertz CT molecular complexity index is 142. The molecule has 0 aromatic carbocycles. The maximum atomic E-state index is 5.41. The zero-order valence-electron chi connectivity index (χ0n) is 9.65. The highest BCUT2D eigenvalue weighted by atomic mass is 16.5. The summed E-state index contributed by atoms with van der Waals surface area (Å²) in [4.78, 5) is 0. The molecule has 0 fully saturated rings. The van der Waals surface area contributed by atoms with Gasteiger partial charge in [0.2, 0.25) is 0 Å². The average Bonchev–Trinajstić information content (AvgIpc) is 1.93. The molecule has 0 aromatic heterocycles. The largest absolute Gasteiger partial charge is 0.377 e. The van der Waals surface area contributed by atoms with Crippen molar-refractivity contribution in [3.05, 3.63) is 12.2 Å². The molecule has 1 nitrogen and oxygen atoms in total. The predicted octanol–water partition coefficient (Wildman–Crippen LogP) is 3.80. The van der Waals surface area contributed by atoms with Gasteiger partial charge in [-0.15, -0.1) is 0 Å². The van der Waals surface area contributed by atoms with E-state index in [1.807, 2.05) is 6.92 Å². The van der Waals surface area contributed by atoms with Crippen molar-refractivity contribution in [1.29, 1.82) is 0 Å². The van der Waals surface area contributed by atoms with Gasteiger partial charge in [-0.05, 0) is 25.2 Å². The Morgan fingerprint density at radius 1 is 1.23 bits per heavy atom. The molecule has 0 unspecified atom stereocenters. The highest BCUT2D eigenvalue weighted by Gasteiger charge is 2.08. The Hall–Kier alpha value is -0.300. The predicted molar refractivity (Wildman–Crippen MR) is 58.9 cm³/mol. The summed E-state index contributed by atoms with van der Waals surface area (Å²) in [7, 11) is 0. The first-order valence-corrected chi connectivity index (χ1v) is 5.14. The monoisotopic (exact) mass is 184 g/mol. The third kappa shape index (κ3) is 11.7. The normalized spacial score (nSPS) is 11.7. The minimum atomic E-state index is 0.467. The Morgan fingerprint density at radius 3 is 2.31 bits per heavy atom. The first-order chi connectivity index (χ1) is 5.92. The molecule has 0 rings (SSSR count). The summed E-state index contributed by atoms with van der Waals surface area (Å²) in [6, 6.07) is 0. The average molecular weight is 184 g/mol. The third-order valence-corrected chi connectivity index (χ3v) is 1.81. The van der Waals surface area contributed by atoms with Crippen LogP contribution in [0.4, 0.5) is 0 Å². The number of hydrogen-bond donors (Lipinski definition) is 0. The fourth-order valence-electron chi connectivity index (χ4n) is 1.11. The molecule has 0 saturated carbocycles. The van der Waals surface area contributed by atoms with Crippen LogP contribution in [0.2, 0.25) is 0 Å². The lowest BCUT2D eigenvalue weighted by Gasteiger charge is -2.17. The van der Waals surface area contributed by atoms with E-state index < -0.39 is 0 Å². The Balaban J connectivity index is 3.13. The van der Waals surface area contributed by atoms with Crippen LogP contribution in [0.25, 0.3) is 0 Å². The van der Waals surface area contributed by atoms with E-state index >= 15 is 0 Å². The number of hydrogen-bond acceptors (Lipinski definition) is 1. The molecule has 0 amide bonds. The van der Waals surface area contributed by atoms with Crippen molar-refractivity contribution < 1.29 is 4.74 Å². The van der Waals surface area contributed by atoms with Crippen molar-refractivity contribution in [2.45, 2.75) is 47.0 Å². The van der Waals surface area contributed by atoms with Gasteiger partial charge in [-0.2, -0.15) is 0 Å². The molecule has 0 aliphatic heterocycles. The lowest BCUT2D eigenvalue weighted by atomic mass is 9.90. The fraction of sp³-hybridized carbons (Fsp3) is 0.833. The van der Waals surface area contributed by atoms with Crippen LogP contribution in [0.3, 0.4) is 0 Å². The molecule has 0 aliphatic rings. The van der Waals surface area contributed by atoms with E-state index in [4.69, 9.17) is 4.74 Å². The standard InChI is InChI=1S/C12H24O/c1-11(2)10-13-9-7-6-8-12(3,4)5/h1,6-10H2,2-5H3. The van der Waals surface area contributed by atoms with E-state index in [9.17, 15) is 0 Å². The molecule has 0 radical (unpaired) electrons. The zero-order chi connectivity index (χ0) is 10.3. The van der Waals surface area contributed by atoms with Crippen molar-refractivity contribution in [2.24, 2.45) is 5.41 Å². The molecule has 0 bridgehead atoms. The second-order valence-corrected chi connectivity index (χ2v) is 5.03. The summed E-state index contributed by atoms with van der Waals surface area (Å²) in [6.07, 6.45) is 3.72. The Labute approximate surface area is 83.2 Å². The number of ether oxygens (including phenoxy) is 1. The topological polar surface area (TPSA) is 9.23 Å². The lowest BCUT2D eigenvalue weighted by Crippen LogP contribution is -2.05. The van der Waals surface area contributed by atoms with E-state index in [1.165, 1.54) is 19.3 Å². The van der Waals surface area contributed by atoms with Crippen LogP contribution < -0.4 is 0 Å². The van der Waals surface area contributed by atoms with Crippen LogP contribution in [0, 0.1) is 5.41 Å². The lowest BCUT2D eigenvalue weighted by molar-refractivity contribution is 0.148. The number of unbranched alkanes of at least 4 members (excludes halogenated alkanes) is 1. The van der Waals surface area contributed by atoms with Gasteiger partial charge in [0.1, 0.15) is 0 Å². The molecule has 78 valence electrons. The summed E-state index contributed by atoms with van der Waals surface area (Å²) in [5.41, 5.74) is 1.57. The smallest absolute Gasteiger partial charge is 0.0671 e. The van der Waals surface area contributed by atoms with E-state index in [1.54, 1.807) is 0 Å². The minimum absolute atomic E-state index is 0.467. The van der Waals surface area contributed by atoms with Gasteiger partial charge in [-0.3, -0.25) is 0 Å². The van der Waals surface area contributed by atoms with Gasteiger partial charge in [0.15, 0.2) is 0 Å². The van der Waals surface area contributed by atoms with Gasteiger partial charge in [0, 0.05) is 6.61 Å². The van der Waals surface area contributed by atoms with Crippen LogP contribution in [0.1, 0.15) is 47.0 Å². The first-order valence-electron chi connectivity index (χ1n) is 5.14. The maximum absolute atomic E-state index is 5.41. The first kappa shape index (κ1) is 12.7. The molecular formula is C12H24O. The summed E-state index contributed by atoms with van der Waals surface area (Å²) in [5.74, 6) is 0. The molecule has 13 heavy (non-hydrogen) atoms. The van der Waals surface area contributed by atoms with E-state index in [2.05, 4.69) is 27.4 Å². The quantitative estimate of drug-likeness (QED) is 0.451. The van der Waals surface area contributed by atoms with Crippen LogP contribution in [0.5, 0.6) is 0 Å². The molecular weight excluding hydrogens is 160 g/mol. The Kier molecular flexibility index (Phi) is 6.06. The summed E-state index contributed by atoms with van der Waals surface area (Å²) in [5, 5.41) is 0. The number of rotatable bonds is 6. The van der Waals surface area contributed by atoms with Crippen LogP contribution >= 0.6 is 0 Å². The van der Waals surface area contributed by atoms with E-state index in [0.717, 1.165) is 18.8 Å². The molecule has 0 aliphatic carbocycles. The van der Waals surface area contributed by atoms with Crippen molar-refractivity contribution in [2.75, 3.05) is 13.2 Å². The SMILES string of the molecule is C=C(C)COCCCCC(C)(C)C. The fourth-order valence-corrected chi connectivity index (χ4v) is 1.11. The Morgan fingerprint density at radius 2 is 1.85 bits per heavy atom. The molecule has 0 aromatic rings. The zero-order valence-corrected chi connectivity index (χ0v) is 9.65. The maximum Gasteiger partial charge on any atom is 0.0671 e. The third-order valence-electron chi connectivity index (χ3n) is 1.81. The summed E-state index contributed by atoms with van der Waals surface area (Å²) in [6.45, 7) is 14.2. The van der Waals surface area contributed by atoms with E-state index in [-0.39, 0.29) is 0 Å².